The summed E-state index contributed by atoms with van der Waals surface area (Å²) in [6.07, 6.45) is 7.25. The Balaban J connectivity index is 2.36. The molecule has 1 saturated carbocycles. The van der Waals surface area contributed by atoms with Crippen molar-refractivity contribution in [1.82, 2.24) is 0 Å². The Morgan fingerprint density at radius 1 is 0.917 bits per heavy atom. The van der Waals surface area contributed by atoms with Crippen LogP contribution in [0.4, 0.5) is 0 Å². The predicted molar refractivity (Wildman–Crippen MR) is 52.0 cm³/mol. The molecule has 1 nitrogen and oxygen atoms in total. The van der Waals surface area contributed by atoms with E-state index in [2.05, 4.69) is 13.8 Å². The minimum absolute atomic E-state index is 0.0273. The van der Waals surface area contributed by atoms with Crippen LogP contribution in [0.2, 0.25) is 0 Å². The third-order valence-electron chi connectivity index (χ3n) is 3.06. The molecule has 3 unspecified atom stereocenters. The van der Waals surface area contributed by atoms with E-state index >= 15 is 0 Å². The van der Waals surface area contributed by atoms with E-state index in [1.807, 2.05) is 0 Å². The molecule has 0 saturated heterocycles. The second-order valence-corrected chi connectivity index (χ2v) is 4.61. The van der Waals surface area contributed by atoms with Crippen LogP contribution in [0.1, 0.15) is 52.4 Å². The minimum atomic E-state index is -0.0273. The number of aliphatic hydroxyl groups excluding tert-OH is 1. The molecule has 1 fully saturated rings. The molecule has 0 aromatic rings. The van der Waals surface area contributed by atoms with Gasteiger partial charge in [0.15, 0.2) is 0 Å². The quantitative estimate of drug-likeness (QED) is 0.592. The Morgan fingerprint density at radius 3 is 2.33 bits per heavy atom. The van der Waals surface area contributed by atoms with Crippen LogP contribution in [-0.4, -0.2) is 11.2 Å². The molecule has 1 aliphatic carbocycles. The number of hydrogen-bond acceptors (Lipinski definition) is 1. The average molecular weight is 170 g/mol. The Morgan fingerprint density at radius 2 is 1.58 bits per heavy atom. The van der Waals surface area contributed by atoms with E-state index in [1.165, 1.54) is 25.7 Å². The Bertz CT molecular complexity index is 122. The number of aliphatic hydroxyl groups is 1. The maximum Gasteiger partial charge on any atom is 0.0542 e. The molecule has 0 spiro atoms. The van der Waals surface area contributed by atoms with Gasteiger partial charge in [0.25, 0.3) is 0 Å². The van der Waals surface area contributed by atoms with Crippen LogP contribution in [0.3, 0.4) is 0 Å². The summed E-state index contributed by atoms with van der Waals surface area (Å²) in [6.45, 7) is 4.57. The second kappa shape index (κ2) is 4.86. The van der Waals surface area contributed by atoms with Gasteiger partial charge in [-0.1, -0.05) is 33.1 Å². The molecule has 0 aromatic carbocycles. The van der Waals surface area contributed by atoms with Gasteiger partial charge < -0.3 is 5.11 Å². The first-order chi connectivity index (χ1) is 5.68. The standard InChI is InChI=1S/C11H22O/c1-9-4-3-5-10(2)8-11(12)7-6-9/h9-12H,3-8H2,1-2H3. The van der Waals surface area contributed by atoms with Crippen LogP contribution in [0, 0.1) is 11.8 Å². The molecule has 0 amide bonds. The predicted octanol–water partition coefficient (Wildman–Crippen LogP) is 2.97. The van der Waals surface area contributed by atoms with Gasteiger partial charge in [0.05, 0.1) is 6.10 Å². The van der Waals surface area contributed by atoms with Gasteiger partial charge in [0.2, 0.25) is 0 Å². The summed E-state index contributed by atoms with van der Waals surface area (Å²) < 4.78 is 0. The summed E-state index contributed by atoms with van der Waals surface area (Å²) in [4.78, 5) is 0. The lowest BCUT2D eigenvalue weighted by Crippen LogP contribution is -2.11. The van der Waals surface area contributed by atoms with Crippen LogP contribution in [-0.2, 0) is 0 Å². The van der Waals surface area contributed by atoms with Crippen molar-refractivity contribution in [2.24, 2.45) is 11.8 Å². The van der Waals surface area contributed by atoms with Gasteiger partial charge in [0.1, 0.15) is 0 Å². The Kier molecular flexibility index (Phi) is 4.07. The van der Waals surface area contributed by atoms with E-state index in [-0.39, 0.29) is 6.10 Å². The number of hydrogen-bond donors (Lipinski definition) is 1. The first-order valence-electron chi connectivity index (χ1n) is 5.36. The van der Waals surface area contributed by atoms with E-state index in [0.29, 0.717) is 0 Å². The molecule has 1 aliphatic rings. The van der Waals surface area contributed by atoms with Gasteiger partial charge in [-0.3, -0.25) is 0 Å². The lowest BCUT2D eigenvalue weighted by atomic mass is 9.98. The maximum atomic E-state index is 9.63. The van der Waals surface area contributed by atoms with Crippen LogP contribution >= 0.6 is 0 Å². The fourth-order valence-corrected chi connectivity index (χ4v) is 2.14. The van der Waals surface area contributed by atoms with Crippen LogP contribution in [0.5, 0.6) is 0 Å². The van der Waals surface area contributed by atoms with E-state index < -0.39 is 0 Å². The van der Waals surface area contributed by atoms with Gasteiger partial charge in [-0.05, 0) is 31.1 Å². The summed E-state index contributed by atoms with van der Waals surface area (Å²) in [5.41, 5.74) is 0. The smallest absolute Gasteiger partial charge is 0.0542 e. The van der Waals surface area contributed by atoms with E-state index in [4.69, 9.17) is 0 Å². The Hall–Kier alpha value is -0.0400. The minimum Gasteiger partial charge on any atom is -0.393 e. The largest absolute Gasteiger partial charge is 0.393 e. The van der Waals surface area contributed by atoms with Crippen molar-refractivity contribution < 1.29 is 5.11 Å². The highest BCUT2D eigenvalue weighted by Crippen LogP contribution is 2.24. The summed E-state index contributed by atoms with van der Waals surface area (Å²) in [5, 5.41) is 9.63. The maximum absolute atomic E-state index is 9.63. The zero-order valence-electron chi connectivity index (χ0n) is 8.42. The normalized spacial score (nSPS) is 39.8. The van der Waals surface area contributed by atoms with Gasteiger partial charge in [-0.2, -0.15) is 0 Å². The molecule has 1 heteroatoms. The molecular weight excluding hydrogens is 148 g/mol. The van der Waals surface area contributed by atoms with Crippen molar-refractivity contribution in [3.8, 4) is 0 Å². The fourth-order valence-electron chi connectivity index (χ4n) is 2.14. The molecule has 0 bridgehead atoms. The second-order valence-electron chi connectivity index (χ2n) is 4.61. The SMILES string of the molecule is CC1CCCC(C)CC(O)CC1. The first kappa shape index (κ1) is 10.0. The van der Waals surface area contributed by atoms with E-state index in [0.717, 1.165) is 24.7 Å². The van der Waals surface area contributed by atoms with Crippen LogP contribution in [0.25, 0.3) is 0 Å². The zero-order valence-corrected chi connectivity index (χ0v) is 8.42. The van der Waals surface area contributed by atoms with Crippen LogP contribution in [0.15, 0.2) is 0 Å². The van der Waals surface area contributed by atoms with Gasteiger partial charge in [-0.25, -0.2) is 0 Å². The summed E-state index contributed by atoms with van der Waals surface area (Å²) in [7, 11) is 0. The molecule has 0 radical (unpaired) electrons. The molecule has 72 valence electrons. The van der Waals surface area contributed by atoms with Crippen molar-refractivity contribution in [3.63, 3.8) is 0 Å². The molecule has 3 atom stereocenters. The lowest BCUT2D eigenvalue weighted by Gasteiger charge is -2.13. The third-order valence-corrected chi connectivity index (χ3v) is 3.06. The van der Waals surface area contributed by atoms with E-state index in [1.54, 1.807) is 0 Å². The van der Waals surface area contributed by atoms with E-state index in [9.17, 15) is 5.11 Å². The fraction of sp³-hybridized carbons (Fsp3) is 1.00. The summed E-state index contributed by atoms with van der Waals surface area (Å²) in [5.74, 6) is 1.55. The molecule has 0 heterocycles. The monoisotopic (exact) mass is 170 g/mol. The molecule has 12 heavy (non-hydrogen) atoms. The molecular formula is C11H22O. The van der Waals surface area contributed by atoms with Gasteiger partial charge in [-0.15, -0.1) is 0 Å². The molecule has 0 aromatic heterocycles. The van der Waals surface area contributed by atoms with Crippen molar-refractivity contribution in [3.05, 3.63) is 0 Å². The van der Waals surface area contributed by atoms with Crippen molar-refractivity contribution in [2.75, 3.05) is 0 Å². The highest BCUT2D eigenvalue weighted by molar-refractivity contribution is 4.67. The number of rotatable bonds is 0. The van der Waals surface area contributed by atoms with Crippen LogP contribution < -0.4 is 0 Å². The summed E-state index contributed by atoms with van der Waals surface area (Å²) >= 11 is 0. The molecule has 0 aliphatic heterocycles. The van der Waals surface area contributed by atoms with Gasteiger partial charge >= 0.3 is 0 Å². The molecule has 1 N–H and O–H groups in total. The average Bonchev–Trinajstić information content (AvgIpc) is 2.05. The van der Waals surface area contributed by atoms with Crippen molar-refractivity contribution in [2.45, 2.75) is 58.5 Å². The van der Waals surface area contributed by atoms with Crippen molar-refractivity contribution in [1.29, 1.82) is 0 Å². The highest BCUT2D eigenvalue weighted by Gasteiger charge is 2.15. The highest BCUT2D eigenvalue weighted by atomic mass is 16.3. The zero-order chi connectivity index (χ0) is 8.97. The Labute approximate surface area is 76.2 Å². The van der Waals surface area contributed by atoms with Gasteiger partial charge in [0, 0.05) is 0 Å². The topological polar surface area (TPSA) is 20.2 Å². The van der Waals surface area contributed by atoms with Crippen molar-refractivity contribution >= 4 is 0 Å². The summed E-state index contributed by atoms with van der Waals surface area (Å²) in [6, 6.07) is 0. The third kappa shape index (κ3) is 3.57. The lowest BCUT2D eigenvalue weighted by molar-refractivity contribution is 0.131. The molecule has 1 rings (SSSR count). The first-order valence-corrected chi connectivity index (χ1v) is 5.36.